The minimum absolute atomic E-state index is 0.0791. The summed E-state index contributed by atoms with van der Waals surface area (Å²) in [6, 6.07) is 8.50. The standard InChI is InChI=1S/C17H19ClN2O3/c1-3-9-23-15-5-4-8-20(17(15)22)11-16(21)19-14-7-6-13(18)10-12(14)2/h4-8,10H,3,9,11H2,1-2H3,(H,19,21). The van der Waals surface area contributed by atoms with E-state index in [9.17, 15) is 9.59 Å². The van der Waals surface area contributed by atoms with Crippen molar-refractivity contribution in [3.63, 3.8) is 0 Å². The molecular weight excluding hydrogens is 316 g/mol. The quantitative estimate of drug-likeness (QED) is 0.882. The minimum Gasteiger partial charge on any atom is -0.488 e. The minimum atomic E-state index is -0.316. The van der Waals surface area contributed by atoms with Gasteiger partial charge in [0.25, 0.3) is 5.56 Å². The van der Waals surface area contributed by atoms with Crippen LogP contribution in [0.3, 0.4) is 0 Å². The molecule has 0 fully saturated rings. The Balaban J connectivity index is 2.09. The van der Waals surface area contributed by atoms with E-state index in [1.807, 2.05) is 13.8 Å². The lowest BCUT2D eigenvalue weighted by Gasteiger charge is -2.11. The molecule has 1 N–H and O–H groups in total. The maximum atomic E-state index is 12.2. The molecule has 1 heterocycles. The third-order valence-corrected chi connectivity index (χ3v) is 3.46. The first-order valence-corrected chi connectivity index (χ1v) is 7.77. The molecule has 2 aromatic rings. The van der Waals surface area contributed by atoms with E-state index in [2.05, 4.69) is 5.32 Å². The number of benzene rings is 1. The van der Waals surface area contributed by atoms with Crippen LogP contribution >= 0.6 is 11.6 Å². The highest BCUT2D eigenvalue weighted by atomic mass is 35.5. The Morgan fingerprint density at radius 2 is 2.13 bits per heavy atom. The van der Waals surface area contributed by atoms with Crippen molar-refractivity contribution < 1.29 is 9.53 Å². The fourth-order valence-corrected chi connectivity index (χ4v) is 2.30. The van der Waals surface area contributed by atoms with Crippen molar-refractivity contribution in [2.24, 2.45) is 0 Å². The zero-order valence-electron chi connectivity index (χ0n) is 13.1. The largest absolute Gasteiger partial charge is 0.488 e. The van der Waals surface area contributed by atoms with E-state index in [0.717, 1.165) is 12.0 Å². The normalized spacial score (nSPS) is 10.4. The number of nitrogens with zero attached hydrogens (tertiary/aromatic N) is 1. The van der Waals surface area contributed by atoms with Gasteiger partial charge in [-0.3, -0.25) is 9.59 Å². The van der Waals surface area contributed by atoms with Crippen LogP contribution < -0.4 is 15.6 Å². The number of carbonyl (C=O) groups is 1. The Morgan fingerprint density at radius 1 is 1.35 bits per heavy atom. The van der Waals surface area contributed by atoms with Gasteiger partial charge in [0.05, 0.1) is 6.61 Å². The molecule has 0 atom stereocenters. The fourth-order valence-electron chi connectivity index (χ4n) is 2.07. The van der Waals surface area contributed by atoms with Crippen molar-refractivity contribution in [2.45, 2.75) is 26.8 Å². The number of rotatable bonds is 6. The van der Waals surface area contributed by atoms with Gasteiger partial charge in [-0.05, 0) is 49.2 Å². The first-order valence-electron chi connectivity index (χ1n) is 7.39. The van der Waals surface area contributed by atoms with Gasteiger partial charge in [0, 0.05) is 16.9 Å². The van der Waals surface area contributed by atoms with Crippen molar-refractivity contribution in [1.82, 2.24) is 4.57 Å². The summed E-state index contributed by atoms with van der Waals surface area (Å²) in [5.41, 5.74) is 1.22. The van der Waals surface area contributed by atoms with Gasteiger partial charge in [-0.1, -0.05) is 18.5 Å². The lowest BCUT2D eigenvalue weighted by atomic mass is 10.2. The lowest BCUT2D eigenvalue weighted by Crippen LogP contribution is -2.28. The van der Waals surface area contributed by atoms with Crippen molar-refractivity contribution in [2.75, 3.05) is 11.9 Å². The second-order valence-corrected chi connectivity index (χ2v) is 5.60. The van der Waals surface area contributed by atoms with E-state index in [4.69, 9.17) is 16.3 Å². The van der Waals surface area contributed by atoms with E-state index < -0.39 is 0 Å². The molecule has 0 aliphatic carbocycles. The van der Waals surface area contributed by atoms with Crippen LogP contribution in [0.15, 0.2) is 41.3 Å². The zero-order chi connectivity index (χ0) is 16.8. The molecular formula is C17H19ClN2O3. The first-order chi connectivity index (χ1) is 11.0. The highest BCUT2D eigenvalue weighted by Crippen LogP contribution is 2.19. The monoisotopic (exact) mass is 334 g/mol. The van der Waals surface area contributed by atoms with Crippen LogP contribution in [0.25, 0.3) is 0 Å². The number of aryl methyl sites for hydroxylation is 1. The summed E-state index contributed by atoms with van der Waals surface area (Å²) in [7, 11) is 0. The highest BCUT2D eigenvalue weighted by molar-refractivity contribution is 6.30. The molecule has 1 aromatic carbocycles. The average Bonchev–Trinajstić information content (AvgIpc) is 2.51. The van der Waals surface area contributed by atoms with Gasteiger partial charge in [0.1, 0.15) is 6.54 Å². The van der Waals surface area contributed by atoms with Crippen molar-refractivity contribution in [3.8, 4) is 5.75 Å². The van der Waals surface area contributed by atoms with Gasteiger partial charge >= 0.3 is 0 Å². The smallest absolute Gasteiger partial charge is 0.293 e. The van der Waals surface area contributed by atoms with Gasteiger partial charge in [-0.25, -0.2) is 0 Å². The molecule has 0 aliphatic rings. The molecule has 0 saturated carbocycles. The summed E-state index contributed by atoms with van der Waals surface area (Å²) in [6.45, 7) is 4.20. The van der Waals surface area contributed by atoms with E-state index in [-0.39, 0.29) is 23.8 Å². The third-order valence-electron chi connectivity index (χ3n) is 3.22. The van der Waals surface area contributed by atoms with Crippen LogP contribution in [0.1, 0.15) is 18.9 Å². The Kier molecular flexibility index (Phi) is 5.82. The summed E-state index contributed by atoms with van der Waals surface area (Å²) in [5, 5.41) is 3.39. The molecule has 0 unspecified atom stereocenters. The Labute approximate surface area is 139 Å². The Hall–Kier alpha value is -2.27. The molecule has 23 heavy (non-hydrogen) atoms. The van der Waals surface area contributed by atoms with Gasteiger partial charge in [-0.2, -0.15) is 0 Å². The van der Waals surface area contributed by atoms with Crippen LogP contribution in [0, 0.1) is 6.92 Å². The van der Waals surface area contributed by atoms with Crippen molar-refractivity contribution in [3.05, 3.63) is 57.5 Å². The molecule has 1 aromatic heterocycles. The molecule has 6 heteroatoms. The first kappa shape index (κ1) is 17.1. The van der Waals surface area contributed by atoms with Gasteiger partial charge in [0.2, 0.25) is 5.91 Å². The topological polar surface area (TPSA) is 60.3 Å². The van der Waals surface area contributed by atoms with Crippen LogP contribution in [-0.2, 0) is 11.3 Å². The predicted octanol–water partition coefficient (Wildman–Crippen LogP) is 3.24. The third kappa shape index (κ3) is 4.60. The number of hydrogen-bond acceptors (Lipinski definition) is 3. The molecule has 0 radical (unpaired) electrons. The maximum absolute atomic E-state index is 12.2. The second kappa shape index (κ2) is 7.83. The van der Waals surface area contributed by atoms with E-state index in [1.165, 1.54) is 4.57 Å². The van der Waals surface area contributed by atoms with E-state index in [1.54, 1.807) is 36.5 Å². The van der Waals surface area contributed by atoms with Gasteiger partial charge in [-0.15, -0.1) is 0 Å². The molecule has 2 rings (SSSR count). The number of aromatic nitrogens is 1. The molecule has 1 amide bonds. The van der Waals surface area contributed by atoms with Gasteiger partial charge < -0.3 is 14.6 Å². The number of halogens is 1. The fraction of sp³-hybridized carbons (Fsp3) is 0.294. The number of pyridine rings is 1. The van der Waals surface area contributed by atoms with Crippen LogP contribution in [0.2, 0.25) is 5.02 Å². The average molecular weight is 335 g/mol. The SMILES string of the molecule is CCCOc1cccn(CC(=O)Nc2ccc(Cl)cc2C)c1=O. The Bertz CT molecular complexity index is 756. The van der Waals surface area contributed by atoms with Crippen LogP contribution in [0.5, 0.6) is 5.75 Å². The summed E-state index contributed by atoms with van der Waals surface area (Å²) < 4.78 is 6.70. The number of amides is 1. The van der Waals surface area contributed by atoms with Crippen molar-refractivity contribution in [1.29, 1.82) is 0 Å². The summed E-state index contributed by atoms with van der Waals surface area (Å²) in [5.74, 6) is -0.0324. The van der Waals surface area contributed by atoms with E-state index >= 15 is 0 Å². The zero-order valence-corrected chi connectivity index (χ0v) is 13.9. The maximum Gasteiger partial charge on any atom is 0.293 e. The molecule has 0 saturated heterocycles. The summed E-state index contributed by atoms with van der Waals surface area (Å²) in [4.78, 5) is 24.4. The van der Waals surface area contributed by atoms with E-state index in [0.29, 0.717) is 17.3 Å². The summed E-state index contributed by atoms with van der Waals surface area (Å²) >= 11 is 5.89. The Morgan fingerprint density at radius 3 is 2.83 bits per heavy atom. The highest BCUT2D eigenvalue weighted by Gasteiger charge is 2.09. The number of ether oxygens (including phenoxy) is 1. The van der Waals surface area contributed by atoms with Crippen LogP contribution in [-0.4, -0.2) is 17.1 Å². The lowest BCUT2D eigenvalue weighted by molar-refractivity contribution is -0.116. The number of nitrogens with one attached hydrogen (secondary N) is 1. The summed E-state index contributed by atoms with van der Waals surface area (Å²) in [6.07, 6.45) is 2.38. The molecule has 5 nitrogen and oxygen atoms in total. The predicted molar refractivity (Wildman–Crippen MR) is 91.3 cm³/mol. The van der Waals surface area contributed by atoms with Gasteiger partial charge in [0.15, 0.2) is 5.75 Å². The number of hydrogen-bond donors (Lipinski definition) is 1. The molecule has 122 valence electrons. The molecule has 0 aliphatic heterocycles. The second-order valence-electron chi connectivity index (χ2n) is 5.16. The van der Waals surface area contributed by atoms with Crippen LogP contribution in [0.4, 0.5) is 5.69 Å². The van der Waals surface area contributed by atoms with Crippen molar-refractivity contribution >= 4 is 23.2 Å². The number of anilines is 1. The molecule has 0 bridgehead atoms. The molecule has 0 spiro atoms. The number of carbonyl (C=O) groups excluding carboxylic acids is 1.